The molecule has 2 aromatic carbocycles. The van der Waals surface area contributed by atoms with Crippen LogP contribution in [0, 0.1) is 18.4 Å². The van der Waals surface area contributed by atoms with Crippen LogP contribution in [0.5, 0.6) is 5.75 Å². The van der Waals surface area contributed by atoms with Crippen LogP contribution in [0.25, 0.3) is 15.6 Å². The number of ether oxygens (including phenoxy) is 1. The highest BCUT2D eigenvalue weighted by atomic mass is 35.5. The lowest BCUT2D eigenvalue weighted by Crippen LogP contribution is -2.23. The Morgan fingerprint density at radius 2 is 1.88 bits per heavy atom. The Hall–Kier alpha value is -3.12. The molecule has 8 nitrogen and oxygen atoms in total. The fourth-order valence-corrected chi connectivity index (χ4v) is 4.37. The number of rotatable bonds is 7. The van der Waals surface area contributed by atoms with Gasteiger partial charge in [0.1, 0.15) is 5.75 Å². The number of hydrogen-bond donors (Lipinski definition) is 3. The Balaban J connectivity index is 1.66. The van der Waals surface area contributed by atoms with Crippen LogP contribution in [0.2, 0.25) is 5.02 Å². The van der Waals surface area contributed by atoms with Gasteiger partial charge in [-0.15, -0.1) is 10.2 Å². The maximum Gasteiger partial charge on any atom is 0.188 e. The largest absolute Gasteiger partial charge is 0.495 e. The highest BCUT2D eigenvalue weighted by molar-refractivity contribution is 6.32. The zero-order chi connectivity index (χ0) is 22.7. The van der Waals surface area contributed by atoms with Crippen molar-refractivity contribution < 1.29 is 14.9 Å². The summed E-state index contributed by atoms with van der Waals surface area (Å²) in [6.07, 6.45) is 0. The summed E-state index contributed by atoms with van der Waals surface area (Å²) in [7, 11) is 1.57. The smallest absolute Gasteiger partial charge is 0.188 e. The third-order valence-corrected chi connectivity index (χ3v) is 6.19. The zero-order valence-electron chi connectivity index (χ0n) is 17.6. The summed E-state index contributed by atoms with van der Waals surface area (Å²) >= 11 is 6.23. The van der Waals surface area contributed by atoms with E-state index in [0.29, 0.717) is 47.7 Å². The van der Waals surface area contributed by atoms with Crippen LogP contribution in [0.1, 0.15) is 5.56 Å². The lowest BCUT2D eigenvalue weighted by atomic mass is 9.98. The number of halogens is 1. The summed E-state index contributed by atoms with van der Waals surface area (Å²) in [5.74, 6) is 1.83. The van der Waals surface area contributed by atoms with Gasteiger partial charge in [-0.1, -0.05) is 29.8 Å². The van der Waals surface area contributed by atoms with Crippen molar-refractivity contribution >= 4 is 39.7 Å². The number of methoxy groups -OCH3 is 1. The van der Waals surface area contributed by atoms with Gasteiger partial charge < -0.3 is 25.2 Å². The van der Waals surface area contributed by atoms with Gasteiger partial charge in [-0.3, -0.25) is 0 Å². The fraction of sp³-hybridized carbons (Fsp3) is 0.348. The van der Waals surface area contributed by atoms with Crippen LogP contribution >= 0.6 is 11.6 Å². The minimum atomic E-state index is -0.0167. The minimum absolute atomic E-state index is 0.0129. The molecule has 0 bridgehead atoms. The van der Waals surface area contributed by atoms with Gasteiger partial charge >= 0.3 is 0 Å². The third-order valence-electron chi connectivity index (χ3n) is 5.89. The van der Waals surface area contributed by atoms with Gasteiger partial charge in [0, 0.05) is 55.5 Å². The second kappa shape index (κ2) is 9.57. The standard InChI is InChI=1S/C23H24ClN5O3/c1-25-17-4-5-18-19(8-17)22(26-9-14-3-6-21(32-2)20(24)7-14)27-28-23(18)29-10-15(12-30)16(11-29)13-31/h3-8,15-16,30-31H,9-13H2,2H3,(H,26,27)/t15-,16+. The van der Waals surface area contributed by atoms with Crippen molar-refractivity contribution in [1.82, 2.24) is 10.2 Å². The average molecular weight is 454 g/mol. The van der Waals surface area contributed by atoms with Crippen molar-refractivity contribution in [3.8, 4) is 5.75 Å². The van der Waals surface area contributed by atoms with Gasteiger partial charge in [-0.2, -0.15) is 0 Å². The molecule has 3 aromatic rings. The first-order valence-corrected chi connectivity index (χ1v) is 10.7. The molecule has 1 aliphatic heterocycles. The first-order valence-electron chi connectivity index (χ1n) is 10.3. The molecule has 0 aliphatic carbocycles. The number of aromatic nitrogens is 2. The van der Waals surface area contributed by atoms with Gasteiger partial charge in [0.2, 0.25) is 0 Å². The Morgan fingerprint density at radius 3 is 2.50 bits per heavy atom. The van der Waals surface area contributed by atoms with Gasteiger partial charge in [0.05, 0.1) is 18.7 Å². The highest BCUT2D eigenvalue weighted by Gasteiger charge is 2.33. The number of hydrogen-bond acceptors (Lipinski definition) is 7. The van der Waals surface area contributed by atoms with E-state index >= 15 is 0 Å². The normalized spacial score (nSPS) is 18.0. The molecule has 166 valence electrons. The number of nitrogens with one attached hydrogen (secondary N) is 1. The van der Waals surface area contributed by atoms with Gasteiger partial charge in [0.15, 0.2) is 17.3 Å². The summed E-state index contributed by atoms with van der Waals surface area (Å²) < 4.78 is 5.20. The summed E-state index contributed by atoms with van der Waals surface area (Å²) in [5, 5.41) is 33.7. The van der Waals surface area contributed by atoms with E-state index in [9.17, 15) is 10.2 Å². The van der Waals surface area contributed by atoms with Gasteiger partial charge in [-0.25, -0.2) is 4.85 Å². The molecular weight excluding hydrogens is 430 g/mol. The second-order valence-corrected chi connectivity index (χ2v) is 8.23. The lowest BCUT2D eigenvalue weighted by Gasteiger charge is -2.20. The molecule has 0 radical (unpaired) electrons. The monoisotopic (exact) mass is 453 g/mol. The van der Waals surface area contributed by atoms with E-state index in [-0.39, 0.29) is 25.0 Å². The van der Waals surface area contributed by atoms with Crippen LogP contribution in [-0.4, -0.2) is 53.8 Å². The predicted molar refractivity (Wildman–Crippen MR) is 124 cm³/mol. The predicted octanol–water partition coefficient (Wildman–Crippen LogP) is 3.49. The molecule has 0 saturated carbocycles. The average Bonchev–Trinajstić information content (AvgIpc) is 3.25. The highest BCUT2D eigenvalue weighted by Crippen LogP contribution is 2.35. The molecule has 9 heteroatoms. The SMILES string of the molecule is [C-]#[N+]c1ccc2c(N3C[C@@H](CO)[C@@H](CO)C3)nnc(NCc3ccc(OC)c(Cl)c3)c2c1. The van der Waals surface area contributed by atoms with Crippen molar-refractivity contribution in [3.05, 3.63) is 58.4 Å². The molecule has 2 atom stereocenters. The summed E-state index contributed by atoms with van der Waals surface area (Å²) in [6, 6.07) is 11.0. The van der Waals surface area contributed by atoms with E-state index in [4.69, 9.17) is 22.9 Å². The van der Waals surface area contributed by atoms with E-state index < -0.39 is 0 Å². The van der Waals surface area contributed by atoms with Crippen molar-refractivity contribution in [2.45, 2.75) is 6.54 Å². The molecule has 1 aromatic heterocycles. The number of fused-ring (bicyclic) bond motifs is 1. The fourth-order valence-electron chi connectivity index (χ4n) is 4.09. The topological polar surface area (TPSA) is 95.1 Å². The van der Waals surface area contributed by atoms with Crippen LogP contribution < -0.4 is 15.0 Å². The number of aliphatic hydroxyl groups is 2. The van der Waals surface area contributed by atoms with Crippen molar-refractivity contribution in [2.24, 2.45) is 11.8 Å². The second-order valence-electron chi connectivity index (χ2n) is 7.83. The minimum Gasteiger partial charge on any atom is -0.495 e. The third kappa shape index (κ3) is 4.28. The van der Waals surface area contributed by atoms with E-state index in [1.165, 1.54) is 0 Å². The first-order chi connectivity index (χ1) is 15.6. The van der Waals surface area contributed by atoms with E-state index in [2.05, 4.69) is 20.4 Å². The molecule has 2 heterocycles. The summed E-state index contributed by atoms with van der Waals surface area (Å²) in [5.41, 5.74) is 1.46. The number of anilines is 2. The Labute approximate surface area is 191 Å². The number of nitrogens with zero attached hydrogens (tertiary/aromatic N) is 4. The van der Waals surface area contributed by atoms with E-state index in [0.717, 1.165) is 16.3 Å². The van der Waals surface area contributed by atoms with Crippen LogP contribution in [0.3, 0.4) is 0 Å². The summed E-state index contributed by atoms with van der Waals surface area (Å²) in [4.78, 5) is 5.59. The Morgan fingerprint density at radius 1 is 1.12 bits per heavy atom. The van der Waals surface area contributed by atoms with Crippen molar-refractivity contribution in [1.29, 1.82) is 0 Å². The van der Waals surface area contributed by atoms with Crippen molar-refractivity contribution in [3.63, 3.8) is 0 Å². The molecular formula is C23H24ClN5O3. The maximum atomic E-state index is 9.65. The quantitative estimate of drug-likeness (QED) is 0.471. The molecule has 0 unspecified atom stereocenters. The van der Waals surface area contributed by atoms with Gasteiger partial charge in [0.25, 0.3) is 0 Å². The van der Waals surface area contributed by atoms with E-state index in [1.807, 2.05) is 29.2 Å². The molecule has 32 heavy (non-hydrogen) atoms. The van der Waals surface area contributed by atoms with Crippen LogP contribution in [0.15, 0.2) is 36.4 Å². The zero-order valence-corrected chi connectivity index (χ0v) is 18.4. The summed E-state index contributed by atoms with van der Waals surface area (Å²) in [6.45, 7) is 9.06. The molecule has 0 spiro atoms. The molecule has 4 rings (SSSR count). The molecule has 3 N–H and O–H groups in total. The Kier molecular flexibility index (Phi) is 6.61. The molecule has 1 saturated heterocycles. The van der Waals surface area contributed by atoms with Crippen LogP contribution in [-0.2, 0) is 6.54 Å². The van der Waals surface area contributed by atoms with E-state index in [1.54, 1.807) is 19.2 Å². The molecule has 1 fully saturated rings. The lowest BCUT2D eigenvalue weighted by molar-refractivity contribution is 0.152. The molecule has 1 aliphatic rings. The first kappa shape index (κ1) is 22.1. The molecule has 0 amide bonds. The Bertz CT molecular complexity index is 1150. The number of benzene rings is 2. The van der Waals surface area contributed by atoms with Crippen molar-refractivity contribution in [2.75, 3.05) is 43.6 Å². The maximum absolute atomic E-state index is 9.65. The van der Waals surface area contributed by atoms with Gasteiger partial charge in [-0.05, 0) is 23.8 Å². The van der Waals surface area contributed by atoms with Crippen LogP contribution in [0.4, 0.5) is 17.3 Å². The number of aliphatic hydroxyl groups excluding tert-OH is 2.